The maximum absolute atomic E-state index is 14.0. The van der Waals surface area contributed by atoms with Crippen LogP contribution in [0.2, 0.25) is 0 Å². The highest BCUT2D eigenvalue weighted by Gasteiger charge is 2.46. The van der Waals surface area contributed by atoms with Crippen molar-refractivity contribution in [2.45, 2.75) is 68.5 Å². The van der Waals surface area contributed by atoms with E-state index in [1.807, 2.05) is 9.80 Å². The van der Waals surface area contributed by atoms with E-state index >= 15 is 0 Å². The number of aromatic nitrogens is 2. The molecule has 2 aromatic rings. The number of imidazole rings is 1. The second-order valence-electron chi connectivity index (χ2n) is 11.6. The number of benzene rings is 1. The number of hydrogen-bond donors (Lipinski definition) is 4. The number of aliphatic hydroxyl groups is 2. The van der Waals surface area contributed by atoms with E-state index in [9.17, 15) is 28.6 Å². The van der Waals surface area contributed by atoms with Crippen molar-refractivity contribution in [2.24, 2.45) is 0 Å². The van der Waals surface area contributed by atoms with Gasteiger partial charge in [-0.1, -0.05) is 6.07 Å². The summed E-state index contributed by atoms with van der Waals surface area (Å²) in [7, 11) is 0. The Hall–Kier alpha value is -3.01. The maximum Gasteiger partial charge on any atom is 0.240 e. The van der Waals surface area contributed by atoms with Gasteiger partial charge in [-0.25, -0.2) is 13.8 Å². The van der Waals surface area contributed by atoms with Gasteiger partial charge in [0.05, 0.1) is 43.9 Å². The predicted octanol–water partition coefficient (Wildman–Crippen LogP) is -0.630. The molecule has 12 nitrogen and oxygen atoms in total. The largest absolute Gasteiger partial charge is 0.388 e. The number of nitrogens with zero attached hydrogens (tertiary/aromatic N) is 4. The summed E-state index contributed by atoms with van der Waals surface area (Å²) < 4.78 is 39.6. The number of morpholine rings is 1. The SMILES string of the molecule is O=C1C[C@@H]2O[C@H](CN(Cc3ccc(F)c(F)c3)C[C@@H]3CN(CCO3)C(=O)[C@@H]3C[C@@H](CN3Cc3ncc[nH]3)N1)[C@@H](O)[C@H]2O. The molecule has 0 radical (unpaired) electrons. The predicted molar refractivity (Wildman–Crippen MR) is 143 cm³/mol. The number of hydrogen-bond acceptors (Lipinski definition) is 9. The van der Waals surface area contributed by atoms with Crippen LogP contribution in [-0.2, 0) is 32.2 Å². The summed E-state index contributed by atoms with van der Waals surface area (Å²) in [5.74, 6) is -1.62. The first kappa shape index (κ1) is 29.1. The Morgan fingerprint density at radius 3 is 2.64 bits per heavy atom. The van der Waals surface area contributed by atoms with Crippen LogP contribution in [0.5, 0.6) is 0 Å². The number of ether oxygens (including phenoxy) is 2. The zero-order valence-electron chi connectivity index (χ0n) is 23.1. The molecule has 4 saturated heterocycles. The molecule has 6 rings (SSSR count). The smallest absolute Gasteiger partial charge is 0.240 e. The molecular weight excluding hydrogens is 554 g/mol. The number of H-pyrrole nitrogens is 1. The van der Waals surface area contributed by atoms with E-state index in [-0.39, 0.29) is 37.4 Å². The van der Waals surface area contributed by atoms with E-state index in [1.165, 1.54) is 6.07 Å². The number of halogens is 2. The Bertz CT molecular complexity index is 1270. The van der Waals surface area contributed by atoms with E-state index in [1.54, 1.807) is 17.3 Å². The van der Waals surface area contributed by atoms with Crippen LogP contribution in [0.1, 0.15) is 24.2 Å². The second kappa shape index (κ2) is 12.3. The summed E-state index contributed by atoms with van der Waals surface area (Å²) in [6, 6.07) is 2.88. The zero-order valence-corrected chi connectivity index (χ0v) is 23.1. The van der Waals surface area contributed by atoms with Crippen LogP contribution in [-0.4, -0.2) is 129 Å². The van der Waals surface area contributed by atoms with Gasteiger partial charge in [-0.15, -0.1) is 0 Å². The van der Waals surface area contributed by atoms with Gasteiger partial charge in [0.1, 0.15) is 18.0 Å². The van der Waals surface area contributed by atoms with E-state index in [4.69, 9.17) is 9.47 Å². The lowest BCUT2D eigenvalue weighted by molar-refractivity contribution is -0.145. The molecule has 6 bridgehead atoms. The molecule has 0 aliphatic carbocycles. The summed E-state index contributed by atoms with van der Waals surface area (Å²) in [6.07, 6.45) is -1.08. The number of amides is 2. The number of rotatable bonds is 4. The molecule has 228 valence electrons. The molecule has 0 unspecified atom stereocenters. The van der Waals surface area contributed by atoms with Crippen LogP contribution >= 0.6 is 0 Å². The topological polar surface area (TPSA) is 143 Å². The average molecular weight is 591 g/mol. The molecule has 7 atom stereocenters. The molecule has 4 fully saturated rings. The summed E-state index contributed by atoms with van der Waals surface area (Å²) in [5, 5.41) is 24.6. The molecule has 4 aliphatic rings. The average Bonchev–Trinajstić information content (AvgIpc) is 3.68. The minimum atomic E-state index is -1.28. The number of carbonyl (C=O) groups is 2. The van der Waals surface area contributed by atoms with Gasteiger partial charge in [0.15, 0.2) is 11.6 Å². The first-order valence-corrected chi connectivity index (χ1v) is 14.3. The molecule has 0 saturated carbocycles. The van der Waals surface area contributed by atoms with E-state index < -0.39 is 48.2 Å². The van der Waals surface area contributed by atoms with Gasteiger partial charge < -0.3 is 34.9 Å². The zero-order chi connectivity index (χ0) is 29.4. The lowest BCUT2D eigenvalue weighted by Crippen LogP contribution is -2.54. The third-order valence-corrected chi connectivity index (χ3v) is 8.55. The Labute approximate surface area is 241 Å². The normalized spacial score (nSPS) is 33.2. The van der Waals surface area contributed by atoms with Gasteiger partial charge in [0, 0.05) is 57.7 Å². The van der Waals surface area contributed by atoms with Crippen molar-refractivity contribution in [3.8, 4) is 0 Å². The first-order chi connectivity index (χ1) is 20.2. The molecule has 4 aliphatic heterocycles. The number of likely N-dealkylation sites (tertiary alicyclic amines) is 1. The fraction of sp³-hybridized carbons (Fsp3) is 0.607. The van der Waals surface area contributed by atoms with Gasteiger partial charge in [-0.3, -0.25) is 19.4 Å². The molecule has 4 N–H and O–H groups in total. The van der Waals surface area contributed by atoms with Crippen LogP contribution in [0.3, 0.4) is 0 Å². The third-order valence-electron chi connectivity index (χ3n) is 8.55. The Morgan fingerprint density at radius 2 is 1.86 bits per heavy atom. The van der Waals surface area contributed by atoms with Crippen molar-refractivity contribution < 1.29 is 38.1 Å². The number of aliphatic hydroxyl groups excluding tert-OH is 2. The van der Waals surface area contributed by atoms with Crippen LogP contribution in [0.4, 0.5) is 8.78 Å². The molecule has 2 amide bonds. The Balaban J connectivity index is 1.26. The van der Waals surface area contributed by atoms with Gasteiger partial charge in [-0.05, 0) is 24.1 Å². The van der Waals surface area contributed by atoms with E-state index in [0.717, 1.165) is 12.1 Å². The molecule has 1 aromatic heterocycles. The third kappa shape index (κ3) is 6.33. The monoisotopic (exact) mass is 590 g/mol. The molecule has 42 heavy (non-hydrogen) atoms. The standard InChI is InChI=1S/C28H36F2N6O6/c29-19-2-1-16(7-20(19)30)10-34-12-18-13-35(5-6-41-18)28(40)21-8-17(11-36(21)15-24-31-3-4-32-24)33-25(37)9-22-26(38)27(39)23(14-34)42-22/h1-4,7,17-18,21-23,26-27,38-39H,5-6,8-15H2,(H,31,32)(H,33,37)/t17-,18+,21-,22-,23+,26-,27+/m0/s1. The van der Waals surface area contributed by atoms with Gasteiger partial charge in [0.2, 0.25) is 11.8 Å². The van der Waals surface area contributed by atoms with Crippen LogP contribution in [0.15, 0.2) is 30.6 Å². The minimum Gasteiger partial charge on any atom is -0.388 e. The molecule has 0 spiro atoms. The van der Waals surface area contributed by atoms with Crippen molar-refractivity contribution in [1.82, 2.24) is 30.0 Å². The van der Waals surface area contributed by atoms with Crippen molar-refractivity contribution >= 4 is 11.8 Å². The van der Waals surface area contributed by atoms with Crippen molar-refractivity contribution in [1.29, 1.82) is 0 Å². The van der Waals surface area contributed by atoms with E-state index in [2.05, 4.69) is 15.3 Å². The van der Waals surface area contributed by atoms with Gasteiger partial charge >= 0.3 is 0 Å². The minimum absolute atomic E-state index is 0.0555. The number of fused-ring (bicyclic) bond motifs is 6. The van der Waals surface area contributed by atoms with Gasteiger partial charge in [0.25, 0.3) is 0 Å². The second-order valence-corrected chi connectivity index (χ2v) is 11.6. The highest BCUT2D eigenvalue weighted by Crippen LogP contribution is 2.28. The lowest BCUT2D eigenvalue weighted by Gasteiger charge is -2.38. The number of carbonyl (C=O) groups excluding carboxylic acids is 2. The fourth-order valence-corrected chi connectivity index (χ4v) is 6.51. The summed E-state index contributed by atoms with van der Waals surface area (Å²) in [4.78, 5) is 39.9. The van der Waals surface area contributed by atoms with Crippen molar-refractivity contribution in [2.75, 3.05) is 39.3 Å². The van der Waals surface area contributed by atoms with E-state index in [0.29, 0.717) is 57.1 Å². The first-order valence-electron chi connectivity index (χ1n) is 14.3. The summed E-state index contributed by atoms with van der Waals surface area (Å²) >= 11 is 0. The fourth-order valence-electron chi connectivity index (χ4n) is 6.51. The quantitative estimate of drug-likeness (QED) is 0.366. The Kier molecular flexibility index (Phi) is 8.52. The van der Waals surface area contributed by atoms with Crippen molar-refractivity contribution in [3.63, 3.8) is 0 Å². The van der Waals surface area contributed by atoms with Crippen LogP contribution in [0.25, 0.3) is 0 Å². The van der Waals surface area contributed by atoms with Gasteiger partial charge in [-0.2, -0.15) is 0 Å². The number of nitrogens with one attached hydrogen (secondary N) is 2. The summed E-state index contributed by atoms with van der Waals surface area (Å²) in [5.41, 5.74) is 0.501. The van der Waals surface area contributed by atoms with Crippen LogP contribution < -0.4 is 5.32 Å². The molecule has 14 heteroatoms. The van der Waals surface area contributed by atoms with Crippen molar-refractivity contribution in [3.05, 3.63) is 53.6 Å². The lowest BCUT2D eigenvalue weighted by atomic mass is 10.0. The Morgan fingerprint density at radius 1 is 1.02 bits per heavy atom. The summed E-state index contributed by atoms with van der Waals surface area (Å²) in [6.45, 7) is 2.52. The number of aromatic amines is 1. The maximum atomic E-state index is 14.0. The highest BCUT2D eigenvalue weighted by molar-refractivity contribution is 5.83. The van der Waals surface area contributed by atoms with Crippen LogP contribution in [0, 0.1) is 11.6 Å². The molecular formula is C28H36F2N6O6. The molecule has 5 heterocycles. The highest BCUT2D eigenvalue weighted by atomic mass is 19.2. The molecule has 1 aromatic carbocycles.